The third kappa shape index (κ3) is 1.78. The maximum atomic E-state index is 9.97. The van der Waals surface area contributed by atoms with Crippen LogP contribution in [0.1, 0.15) is 5.56 Å². The molecule has 0 saturated heterocycles. The number of aromatic nitrogens is 2. The summed E-state index contributed by atoms with van der Waals surface area (Å²) in [6.07, 6.45) is 0. The molecule has 5 heteroatoms. The van der Waals surface area contributed by atoms with Crippen LogP contribution in [0.25, 0.3) is 22.2 Å². The molecular weight excluding hydrogens is 248 g/mol. The minimum atomic E-state index is 0.180. The Morgan fingerprint density at radius 2 is 2.11 bits per heavy atom. The fraction of sp³-hybridized carbons (Fsp3) is 0.0769. The van der Waals surface area contributed by atoms with E-state index in [1.807, 2.05) is 36.6 Å². The highest BCUT2D eigenvalue weighted by Crippen LogP contribution is 2.32. The zero-order valence-corrected chi connectivity index (χ0v) is 10.4. The van der Waals surface area contributed by atoms with Gasteiger partial charge in [0, 0.05) is 0 Å². The smallest absolute Gasteiger partial charge is 0.262 e. The fourth-order valence-electron chi connectivity index (χ4n) is 1.67. The van der Waals surface area contributed by atoms with Gasteiger partial charge in [0.05, 0.1) is 10.4 Å². The van der Waals surface area contributed by atoms with Gasteiger partial charge < -0.3 is 9.63 Å². The topological polar surface area (TPSA) is 59.2 Å². The summed E-state index contributed by atoms with van der Waals surface area (Å²) in [5, 5.41) is 15.8. The predicted octanol–water partition coefficient (Wildman–Crippen LogP) is 3.48. The highest BCUT2D eigenvalue weighted by atomic mass is 32.1. The average Bonchev–Trinajstić information content (AvgIpc) is 3.01. The van der Waals surface area contributed by atoms with Gasteiger partial charge in [0.1, 0.15) is 5.75 Å². The maximum Gasteiger partial charge on any atom is 0.262 e. The van der Waals surface area contributed by atoms with Crippen LogP contribution >= 0.6 is 11.3 Å². The van der Waals surface area contributed by atoms with Crippen LogP contribution in [-0.2, 0) is 0 Å². The number of hydrogen-bond acceptors (Lipinski definition) is 5. The van der Waals surface area contributed by atoms with E-state index in [1.165, 1.54) is 0 Å². The second-order valence-electron chi connectivity index (χ2n) is 3.87. The Bertz CT molecular complexity index is 674. The van der Waals surface area contributed by atoms with Crippen molar-refractivity contribution in [2.24, 2.45) is 0 Å². The Morgan fingerprint density at radius 1 is 1.22 bits per heavy atom. The summed E-state index contributed by atoms with van der Waals surface area (Å²) in [5.74, 6) is 1.05. The lowest BCUT2D eigenvalue weighted by Gasteiger charge is -2.01. The van der Waals surface area contributed by atoms with Crippen molar-refractivity contribution < 1.29 is 9.63 Å². The van der Waals surface area contributed by atoms with E-state index in [9.17, 15) is 5.11 Å². The van der Waals surface area contributed by atoms with Gasteiger partial charge in [0.2, 0.25) is 5.82 Å². The van der Waals surface area contributed by atoms with Gasteiger partial charge >= 0.3 is 0 Å². The third-order valence-corrected chi connectivity index (χ3v) is 3.50. The largest absolute Gasteiger partial charge is 0.507 e. The standard InChI is InChI=1S/C13H10N2O2S/c1-8-4-2-5-9(11(8)16)13-14-12(15-17-13)10-6-3-7-18-10/h2-7,16H,1H3. The van der Waals surface area contributed by atoms with Gasteiger partial charge in [-0.2, -0.15) is 4.98 Å². The minimum absolute atomic E-state index is 0.180. The Kier molecular flexibility index (Phi) is 2.60. The van der Waals surface area contributed by atoms with Gasteiger partial charge in [0.25, 0.3) is 5.89 Å². The highest BCUT2D eigenvalue weighted by molar-refractivity contribution is 7.13. The molecule has 0 amide bonds. The van der Waals surface area contributed by atoms with E-state index in [-0.39, 0.29) is 5.75 Å². The Hall–Kier alpha value is -2.14. The number of para-hydroxylation sites is 1. The summed E-state index contributed by atoms with van der Waals surface area (Å²) >= 11 is 1.54. The molecule has 0 spiro atoms. The maximum absolute atomic E-state index is 9.97. The van der Waals surface area contributed by atoms with Crippen LogP contribution in [0.3, 0.4) is 0 Å². The molecule has 0 unspecified atom stereocenters. The molecule has 1 aromatic carbocycles. The molecule has 0 radical (unpaired) electrons. The summed E-state index contributed by atoms with van der Waals surface area (Å²) in [6.45, 7) is 1.83. The summed E-state index contributed by atoms with van der Waals surface area (Å²) in [4.78, 5) is 5.24. The van der Waals surface area contributed by atoms with E-state index in [1.54, 1.807) is 17.4 Å². The molecule has 4 nitrogen and oxygen atoms in total. The predicted molar refractivity (Wildman–Crippen MR) is 69.4 cm³/mol. The Balaban J connectivity index is 2.06. The number of phenolic OH excluding ortho intramolecular Hbond substituents is 1. The van der Waals surface area contributed by atoms with Crippen molar-refractivity contribution in [2.75, 3.05) is 0 Å². The van der Waals surface area contributed by atoms with Crippen molar-refractivity contribution in [3.05, 3.63) is 41.3 Å². The zero-order chi connectivity index (χ0) is 12.5. The fourth-order valence-corrected chi connectivity index (χ4v) is 2.32. The van der Waals surface area contributed by atoms with E-state index < -0.39 is 0 Å². The Morgan fingerprint density at radius 3 is 2.89 bits per heavy atom. The molecule has 2 aromatic heterocycles. The van der Waals surface area contributed by atoms with E-state index >= 15 is 0 Å². The summed E-state index contributed by atoms with van der Waals surface area (Å²) in [5.41, 5.74) is 1.34. The second-order valence-corrected chi connectivity index (χ2v) is 4.82. The first-order chi connectivity index (χ1) is 8.75. The van der Waals surface area contributed by atoms with Crippen LogP contribution in [0.2, 0.25) is 0 Å². The second kappa shape index (κ2) is 4.27. The van der Waals surface area contributed by atoms with Crippen molar-refractivity contribution in [3.8, 4) is 27.9 Å². The van der Waals surface area contributed by atoms with E-state index in [0.717, 1.165) is 10.4 Å². The monoisotopic (exact) mass is 258 g/mol. The van der Waals surface area contributed by atoms with Crippen LogP contribution < -0.4 is 0 Å². The van der Waals surface area contributed by atoms with Crippen LogP contribution in [0.5, 0.6) is 5.75 Å². The SMILES string of the molecule is Cc1cccc(-c2nc(-c3cccs3)no2)c1O. The molecule has 90 valence electrons. The summed E-state index contributed by atoms with van der Waals surface area (Å²) in [7, 11) is 0. The van der Waals surface area contributed by atoms with Gasteiger partial charge in [-0.1, -0.05) is 23.4 Å². The van der Waals surface area contributed by atoms with Crippen LogP contribution in [-0.4, -0.2) is 15.2 Å². The molecule has 0 bridgehead atoms. The summed E-state index contributed by atoms with van der Waals surface area (Å²) < 4.78 is 5.20. The zero-order valence-electron chi connectivity index (χ0n) is 9.62. The van der Waals surface area contributed by atoms with Crippen LogP contribution in [0.4, 0.5) is 0 Å². The van der Waals surface area contributed by atoms with Crippen LogP contribution in [0, 0.1) is 6.92 Å². The molecule has 3 aromatic rings. The molecule has 0 aliphatic rings. The number of rotatable bonds is 2. The summed E-state index contributed by atoms with van der Waals surface area (Å²) in [6, 6.07) is 9.29. The molecule has 0 aliphatic carbocycles. The van der Waals surface area contributed by atoms with Crippen LogP contribution in [0.15, 0.2) is 40.2 Å². The normalized spacial score (nSPS) is 10.7. The molecule has 1 N–H and O–H groups in total. The van der Waals surface area contributed by atoms with Crippen molar-refractivity contribution >= 4 is 11.3 Å². The first kappa shape index (κ1) is 11.0. The number of nitrogens with zero attached hydrogens (tertiary/aromatic N) is 2. The molecule has 0 aliphatic heterocycles. The number of aryl methyl sites for hydroxylation is 1. The highest BCUT2D eigenvalue weighted by Gasteiger charge is 2.15. The number of aromatic hydroxyl groups is 1. The van der Waals surface area contributed by atoms with Crippen molar-refractivity contribution in [3.63, 3.8) is 0 Å². The lowest BCUT2D eigenvalue weighted by molar-refractivity contribution is 0.425. The van der Waals surface area contributed by atoms with Gasteiger partial charge in [-0.05, 0) is 30.0 Å². The molecular formula is C13H10N2O2S. The first-order valence-corrected chi connectivity index (χ1v) is 6.30. The number of thiophene rings is 1. The van der Waals surface area contributed by atoms with Crippen molar-refractivity contribution in [1.29, 1.82) is 0 Å². The van der Waals surface area contributed by atoms with E-state index in [0.29, 0.717) is 17.3 Å². The van der Waals surface area contributed by atoms with Crippen molar-refractivity contribution in [1.82, 2.24) is 10.1 Å². The van der Waals surface area contributed by atoms with Crippen molar-refractivity contribution in [2.45, 2.75) is 6.92 Å². The molecule has 3 rings (SSSR count). The van der Waals surface area contributed by atoms with E-state index in [2.05, 4.69) is 10.1 Å². The molecule has 0 saturated carbocycles. The molecule has 18 heavy (non-hydrogen) atoms. The average molecular weight is 258 g/mol. The molecule has 2 heterocycles. The number of benzene rings is 1. The molecule has 0 fully saturated rings. The van der Waals surface area contributed by atoms with Gasteiger partial charge in [-0.3, -0.25) is 0 Å². The van der Waals surface area contributed by atoms with Gasteiger partial charge in [0.15, 0.2) is 0 Å². The quantitative estimate of drug-likeness (QED) is 0.764. The Labute approximate surface area is 108 Å². The first-order valence-electron chi connectivity index (χ1n) is 5.42. The number of phenols is 1. The van der Waals surface area contributed by atoms with Gasteiger partial charge in [-0.15, -0.1) is 11.3 Å². The lowest BCUT2D eigenvalue weighted by Crippen LogP contribution is -1.82. The lowest BCUT2D eigenvalue weighted by atomic mass is 10.1. The third-order valence-electron chi connectivity index (χ3n) is 2.64. The number of hydrogen-bond donors (Lipinski definition) is 1. The van der Waals surface area contributed by atoms with E-state index in [4.69, 9.17) is 4.52 Å². The molecule has 0 atom stereocenters. The van der Waals surface area contributed by atoms with Gasteiger partial charge in [-0.25, -0.2) is 0 Å². The minimum Gasteiger partial charge on any atom is -0.507 e.